The molecule has 0 radical (unpaired) electrons. The molecule has 0 fully saturated rings. The molecule has 16 heavy (non-hydrogen) atoms. The molecule has 0 aliphatic carbocycles. The Morgan fingerprint density at radius 1 is 1.50 bits per heavy atom. The number of hydrogen-bond acceptors (Lipinski definition) is 3. The highest BCUT2D eigenvalue weighted by molar-refractivity contribution is 5.82. The lowest BCUT2D eigenvalue weighted by Crippen LogP contribution is -2.52. The number of hydrogen-bond donors (Lipinski definition) is 3. The average Bonchev–Trinajstić information content (AvgIpc) is 2.23. The minimum atomic E-state index is -1.07. The summed E-state index contributed by atoms with van der Waals surface area (Å²) in [5.74, 6) is 1.00. The zero-order valence-electron chi connectivity index (χ0n) is 9.67. The Morgan fingerprint density at radius 2 is 2.12 bits per heavy atom. The van der Waals surface area contributed by atoms with Crippen molar-refractivity contribution in [1.29, 1.82) is 0 Å². The lowest BCUT2D eigenvalue weighted by Gasteiger charge is -2.25. The van der Waals surface area contributed by atoms with Gasteiger partial charge in [-0.25, -0.2) is 0 Å². The van der Waals surface area contributed by atoms with Crippen LogP contribution in [0.1, 0.15) is 26.7 Å². The molecule has 5 heteroatoms. The topological polar surface area (TPSA) is 78.4 Å². The van der Waals surface area contributed by atoms with Gasteiger partial charge in [0.15, 0.2) is 0 Å². The second kappa shape index (κ2) is 6.85. The molecule has 0 rings (SSSR count). The van der Waals surface area contributed by atoms with Gasteiger partial charge in [-0.05, 0) is 13.3 Å². The van der Waals surface area contributed by atoms with Gasteiger partial charge in [-0.3, -0.25) is 14.9 Å². The molecule has 1 amide bonds. The van der Waals surface area contributed by atoms with E-state index in [4.69, 9.17) is 11.5 Å². The van der Waals surface area contributed by atoms with Crippen LogP contribution in [0.3, 0.4) is 0 Å². The number of nitrogens with one attached hydrogen (secondary N) is 2. The van der Waals surface area contributed by atoms with Crippen molar-refractivity contribution < 1.29 is 14.7 Å². The monoisotopic (exact) mass is 226 g/mol. The maximum Gasteiger partial charge on any atom is 0.323 e. The van der Waals surface area contributed by atoms with E-state index in [9.17, 15) is 9.59 Å². The van der Waals surface area contributed by atoms with Crippen LogP contribution >= 0.6 is 0 Å². The third-order valence-corrected chi connectivity index (χ3v) is 2.25. The smallest absolute Gasteiger partial charge is 0.323 e. The predicted octanol–water partition coefficient (Wildman–Crippen LogP) is -0.0312. The van der Waals surface area contributed by atoms with Crippen molar-refractivity contribution in [2.24, 2.45) is 0 Å². The maximum absolute atomic E-state index is 11.2. The van der Waals surface area contributed by atoms with Crippen LogP contribution in [0.5, 0.6) is 0 Å². The van der Waals surface area contributed by atoms with Crippen LogP contribution in [-0.2, 0) is 9.59 Å². The van der Waals surface area contributed by atoms with Crippen LogP contribution in [0, 0.1) is 12.3 Å². The molecule has 0 aliphatic heterocycles. The normalized spacial score (nSPS) is 13.6. The van der Waals surface area contributed by atoms with Crippen LogP contribution in [0.15, 0.2) is 0 Å². The van der Waals surface area contributed by atoms with Crippen LogP contribution < -0.4 is 10.6 Å². The molecule has 0 aromatic heterocycles. The van der Waals surface area contributed by atoms with Gasteiger partial charge in [-0.15, -0.1) is 6.42 Å². The van der Waals surface area contributed by atoms with Crippen molar-refractivity contribution in [2.45, 2.75) is 32.2 Å². The van der Waals surface area contributed by atoms with Crippen molar-refractivity contribution >= 4 is 11.9 Å². The van der Waals surface area contributed by atoms with Gasteiger partial charge in [0.05, 0.1) is 13.1 Å². The first-order valence-corrected chi connectivity index (χ1v) is 5.15. The molecule has 0 heterocycles. The molecule has 0 spiro atoms. The molecule has 3 N–H and O–H groups in total. The molecule has 1 atom stereocenters. The molecular formula is C11H18N2O3. The first-order valence-electron chi connectivity index (χ1n) is 5.15. The van der Waals surface area contributed by atoms with E-state index in [1.54, 1.807) is 6.92 Å². The molecular weight excluding hydrogens is 208 g/mol. The third kappa shape index (κ3) is 4.80. The molecule has 0 aromatic rings. The summed E-state index contributed by atoms with van der Waals surface area (Å²) >= 11 is 0. The van der Waals surface area contributed by atoms with E-state index >= 15 is 0 Å². The molecule has 90 valence electrons. The molecule has 1 unspecified atom stereocenters. The summed E-state index contributed by atoms with van der Waals surface area (Å²) in [5.41, 5.74) is -1.07. The standard InChI is InChI=1S/C11H18N2O3/c1-4-6-11(3,10(15)16)13-8-9(14)12-7-5-2/h2,13H,4,6-8H2,1,3H3,(H,12,14)(H,15,16). The maximum atomic E-state index is 11.2. The van der Waals surface area contributed by atoms with Crippen LogP contribution in [0.4, 0.5) is 0 Å². The predicted molar refractivity (Wildman–Crippen MR) is 60.8 cm³/mol. The van der Waals surface area contributed by atoms with E-state index in [0.29, 0.717) is 6.42 Å². The third-order valence-electron chi connectivity index (χ3n) is 2.25. The van der Waals surface area contributed by atoms with Gasteiger partial charge in [-0.1, -0.05) is 19.3 Å². The minimum absolute atomic E-state index is 0.0511. The molecule has 0 saturated heterocycles. The Labute approximate surface area is 95.6 Å². The second-order valence-electron chi connectivity index (χ2n) is 3.72. The number of terminal acetylenes is 1. The van der Waals surface area contributed by atoms with Crippen molar-refractivity contribution in [3.63, 3.8) is 0 Å². The summed E-state index contributed by atoms with van der Waals surface area (Å²) in [7, 11) is 0. The number of aliphatic carboxylic acids is 1. The van der Waals surface area contributed by atoms with Gasteiger partial charge >= 0.3 is 5.97 Å². The fraction of sp³-hybridized carbons (Fsp3) is 0.636. The SMILES string of the molecule is C#CCNC(=O)CNC(C)(CCC)C(=O)O. The van der Waals surface area contributed by atoms with Crippen LogP contribution in [-0.4, -0.2) is 35.6 Å². The second-order valence-corrected chi connectivity index (χ2v) is 3.72. The van der Waals surface area contributed by atoms with Gasteiger partial charge in [0, 0.05) is 0 Å². The number of carboxylic acid groups (broad SMARTS) is 1. The first kappa shape index (κ1) is 14.5. The summed E-state index contributed by atoms with van der Waals surface area (Å²) < 4.78 is 0. The summed E-state index contributed by atoms with van der Waals surface area (Å²) in [4.78, 5) is 22.2. The quantitative estimate of drug-likeness (QED) is 0.533. The summed E-state index contributed by atoms with van der Waals surface area (Å²) in [6, 6.07) is 0. The average molecular weight is 226 g/mol. The van der Waals surface area contributed by atoms with Crippen molar-refractivity contribution in [3.8, 4) is 12.3 Å². The van der Waals surface area contributed by atoms with Crippen LogP contribution in [0.2, 0.25) is 0 Å². The van der Waals surface area contributed by atoms with E-state index in [1.165, 1.54) is 0 Å². The van der Waals surface area contributed by atoms with Gasteiger partial charge in [0.1, 0.15) is 5.54 Å². The highest BCUT2D eigenvalue weighted by atomic mass is 16.4. The molecule has 0 bridgehead atoms. The largest absolute Gasteiger partial charge is 0.480 e. The summed E-state index contributed by atoms with van der Waals surface area (Å²) in [6.45, 7) is 3.55. The fourth-order valence-electron chi connectivity index (χ4n) is 1.26. The number of rotatable bonds is 7. The Hall–Kier alpha value is -1.54. The summed E-state index contributed by atoms with van der Waals surface area (Å²) in [6.07, 6.45) is 6.16. The van der Waals surface area contributed by atoms with Gasteiger partial charge in [0.2, 0.25) is 5.91 Å². The lowest BCUT2D eigenvalue weighted by atomic mass is 9.96. The Balaban J connectivity index is 4.18. The van der Waals surface area contributed by atoms with E-state index < -0.39 is 11.5 Å². The molecule has 0 aromatic carbocycles. The first-order chi connectivity index (χ1) is 7.46. The Kier molecular flexibility index (Phi) is 6.19. The Bertz CT molecular complexity index is 296. The molecule has 0 saturated carbocycles. The van der Waals surface area contributed by atoms with Gasteiger partial charge in [0.25, 0.3) is 0 Å². The minimum Gasteiger partial charge on any atom is -0.480 e. The van der Waals surface area contributed by atoms with Gasteiger partial charge < -0.3 is 10.4 Å². The van der Waals surface area contributed by atoms with Gasteiger partial charge in [-0.2, -0.15) is 0 Å². The zero-order chi connectivity index (χ0) is 12.6. The number of carbonyl (C=O) groups excluding carboxylic acids is 1. The number of carbonyl (C=O) groups is 2. The highest BCUT2D eigenvalue weighted by Gasteiger charge is 2.31. The van der Waals surface area contributed by atoms with E-state index in [0.717, 1.165) is 6.42 Å². The lowest BCUT2D eigenvalue weighted by molar-refractivity contribution is -0.144. The van der Waals surface area contributed by atoms with E-state index in [1.807, 2.05) is 6.92 Å². The number of amides is 1. The van der Waals surface area contributed by atoms with E-state index in [2.05, 4.69) is 16.6 Å². The van der Waals surface area contributed by atoms with Crippen LogP contribution in [0.25, 0.3) is 0 Å². The zero-order valence-corrected chi connectivity index (χ0v) is 9.67. The van der Waals surface area contributed by atoms with Crippen molar-refractivity contribution in [2.75, 3.05) is 13.1 Å². The fourth-order valence-corrected chi connectivity index (χ4v) is 1.26. The Morgan fingerprint density at radius 3 is 2.56 bits per heavy atom. The molecule has 5 nitrogen and oxygen atoms in total. The van der Waals surface area contributed by atoms with Crippen molar-refractivity contribution in [1.82, 2.24) is 10.6 Å². The van der Waals surface area contributed by atoms with Crippen molar-refractivity contribution in [3.05, 3.63) is 0 Å². The number of carboxylic acids is 1. The highest BCUT2D eigenvalue weighted by Crippen LogP contribution is 2.11. The van der Waals surface area contributed by atoms with E-state index in [-0.39, 0.29) is 19.0 Å². The molecule has 0 aliphatic rings. The summed E-state index contributed by atoms with van der Waals surface area (Å²) in [5, 5.41) is 14.2.